The van der Waals surface area contributed by atoms with Gasteiger partial charge in [0.15, 0.2) is 0 Å². The maximum absolute atomic E-state index is 13.2. The lowest BCUT2D eigenvalue weighted by Gasteiger charge is -2.27. The number of rotatable bonds is 10. The van der Waals surface area contributed by atoms with Gasteiger partial charge in [0, 0.05) is 6.92 Å². The van der Waals surface area contributed by atoms with Gasteiger partial charge in [-0.2, -0.15) is 0 Å². The molecule has 7 nitrogen and oxygen atoms in total. The Hall–Kier alpha value is -3.68. The first kappa shape index (κ1) is 25.4. The van der Waals surface area contributed by atoms with Crippen LogP contribution >= 0.6 is 0 Å². The maximum atomic E-state index is 13.2. The third kappa shape index (κ3) is 7.16. The van der Waals surface area contributed by atoms with Crippen molar-refractivity contribution in [1.82, 2.24) is 4.90 Å². The Labute approximate surface area is 211 Å². The summed E-state index contributed by atoms with van der Waals surface area (Å²) in [5.41, 5.74) is 2.90. The molecule has 3 aromatic rings. The van der Waals surface area contributed by atoms with Crippen LogP contribution in [-0.2, 0) is 43.6 Å². The molecule has 3 aromatic carbocycles. The van der Waals surface area contributed by atoms with Gasteiger partial charge in [-0.25, -0.2) is 4.79 Å². The molecule has 0 N–H and O–H groups in total. The van der Waals surface area contributed by atoms with Crippen LogP contribution in [-0.4, -0.2) is 48.4 Å². The van der Waals surface area contributed by atoms with Crippen LogP contribution in [0.1, 0.15) is 23.6 Å². The van der Waals surface area contributed by atoms with E-state index in [0.717, 1.165) is 16.7 Å². The molecule has 4 rings (SSSR count). The van der Waals surface area contributed by atoms with Gasteiger partial charge >= 0.3 is 12.1 Å². The normalized spacial score (nSPS) is 19.1. The number of esters is 1. The molecule has 1 amide bonds. The Morgan fingerprint density at radius 2 is 1.22 bits per heavy atom. The molecule has 0 unspecified atom stereocenters. The third-order valence-corrected chi connectivity index (χ3v) is 6.01. The molecule has 0 radical (unpaired) electrons. The molecule has 1 saturated heterocycles. The highest BCUT2D eigenvalue weighted by Crippen LogP contribution is 2.27. The summed E-state index contributed by atoms with van der Waals surface area (Å²) in [5, 5.41) is 0. The Morgan fingerprint density at radius 3 is 1.75 bits per heavy atom. The van der Waals surface area contributed by atoms with Gasteiger partial charge in [0.25, 0.3) is 0 Å². The van der Waals surface area contributed by atoms with Gasteiger partial charge in [-0.15, -0.1) is 0 Å². The second-order valence-electron chi connectivity index (χ2n) is 8.66. The summed E-state index contributed by atoms with van der Waals surface area (Å²) in [6, 6.07) is 28.5. The summed E-state index contributed by atoms with van der Waals surface area (Å²) in [6.07, 6.45) is -1.45. The minimum Gasteiger partial charge on any atom is -0.464 e. The van der Waals surface area contributed by atoms with Crippen LogP contribution in [0.2, 0.25) is 0 Å². The highest BCUT2D eigenvalue weighted by Gasteiger charge is 2.47. The number of amides is 1. The van der Waals surface area contributed by atoms with Gasteiger partial charge < -0.3 is 18.9 Å². The van der Waals surface area contributed by atoms with E-state index in [2.05, 4.69) is 0 Å². The van der Waals surface area contributed by atoms with Gasteiger partial charge in [0.1, 0.15) is 25.4 Å². The number of nitrogens with zero attached hydrogens (tertiary/aromatic N) is 1. The fourth-order valence-corrected chi connectivity index (χ4v) is 4.17. The maximum Gasteiger partial charge on any atom is 0.410 e. The zero-order valence-electron chi connectivity index (χ0n) is 20.3. The predicted octanol–water partition coefficient (Wildman–Crippen LogP) is 4.74. The molecule has 1 fully saturated rings. The van der Waals surface area contributed by atoms with E-state index in [0.29, 0.717) is 13.2 Å². The van der Waals surface area contributed by atoms with E-state index in [1.165, 1.54) is 6.92 Å². The first-order chi connectivity index (χ1) is 17.6. The summed E-state index contributed by atoms with van der Waals surface area (Å²) in [6.45, 7) is 2.42. The lowest BCUT2D eigenvalue weighted by atomic mass is 10.1. The molecule has 188 valence electrons. The van der Waals surface area contributed by atoms with Crippen molar-refractivity contribution in [2.45, 2.75) is 45.0 Å². The van der Waals surface area contributed by atoms with Crippen molar-refractivity contribution >= 4 is 12.1 Å². The molecule has 0 bridgehead atoms. The minimum absolute atomic E-state index is 0.0135. The first-order valence-electron chi connectivity index (χ1n) is 12.0. The second-order valence-corrected chi connectivity index (χ2v) is 8.66. The predicted molar refractivity (Wildman–Crippen MR) is 134 cm³/mol. The van der Waals surface area contributed by atoms with Crippen molar-refractivity contribution in [1.29, 1.82) is 0 Å². The summed E-state index contributed by atoms with van der Waals surface area (Å²) in [7, 11) is 0. The third-order valence-electron chi connectivity index (χ3n) is 6.01. The lowest BCUT2D eigenvalue weighted by Crippen LogP contribution is -2.44. The fourth-order valence-electron chi connectivity index (χ4n) is 4.17. The Bertz CT molecular complexity index is 1090. The molecule has 0 saturated carbocycles. The quantitative estimate of drug-likeness (QED) is 0.383. The molecule has 0 aromatic heterocycles. The highest BCUT2D eigenvalue weighted by molar-refractivity contribution is 5.69. The number of hydrogen-bond acceptors (Lipinski definition) is 6. The Kier molecular flexibility index (Phi) is 9.08. The van der Waals surface area contributed by atoms with E-state index in [1.807, 2.05) is 91.0 Å². The van der Waals surface area contributed by atoms with E-state index in [4.69, 9.17) is 18.9 Å². The molecule has 1 heterocycles. The van der Waals surface area contributed by atoms with Crippen LogP contribution in [0.3, 0.4) is 0 Å². The van der Waals surface area contributed by atoms with E-state index in [-0.39, 0.29) is 19.8 Å². The second kappa shape index (κ2) is 12.9. The summed E-state index contributed by atoms with van der Waals surface area (Å²) in [4.78, 5) is 26.4. The molecule has 7 heteroatoms. The largest absolute Gasteiger partial charge is 0.464 e. The molecular formula is C29H31NO6. The van der Waals surface area contributed by atoms with Crippen molar-refractivity contribution in [2.75, 3.05) is 13.2 Å². The smallest absolute Gasteiger partial charge is 0.410 e. The molecule has 0 aliphatic carbocycles. The molecular weight excluding hydrogens is 458 g/mol. The number of benzene rings is 3. The van der Waals surface area contributed by atoms with E-state index in [1.54, 1.807) is 4.90 Å². The molecule has 3 atom stereocenters. The standard InChI is InChI=1S/C29H31NO6/c1-22(31)33-21-26-28(35-19-24-13-7-3-8-14-24)27(34-18-23-11-5-2-6-12-23)17-30(26)29(32)36-20-25-15-9-4-10-16-25/h2-16,26-28H,17-21H2,1H3/t26-,27+,28+/m1/s1. The number of likely N-dealkylation sites (tertiary alicyclic amines) is 1. The number of ether oxygens (including phenoxy) is 4. The lowest BCUT2D eigenvalue weighted by molar-refractivity contribution is -0.144. The van der Waals surface area contributed by atoms with Crippen molar-refractivity contribution in [3.05, 3.63) is 108 Å². The SMILES string of the molecule is CC(=O)OC[C@@H]1[C@H](OCc2ccccc2)[C@@H](OCc2ccccc2)CN1C(=O)OCc1ccccc1. The summed E-state index contributed by atoms with van der Waals surface area (Å²) in [5.74, 6) is -0.428. The summed E-state index contributed by atoms with van der Waals surface area (Å²) >= 11 is 0. The fraction of sp³-hybridized carbons (Fsp3) is 0.310. The van der Waals surface area contributed by atoms with Crippen LogP contribution in [0.4, 0.5) is 4.79 Å². The van der Waals surface area contributed by atoms with Crippen LogP contribution in [0, 0.1) is 0 Å². The molecule has 0 spiro atoms. The molecule has 36 heavy (non-hydrogen) atoms. The van der Waals surface area contributed by atoms with Gasteiger partial charge in [-0.3, -0.25) is 9.69 Å². The van der Waals surface area contributed by atoms with Crippen molar-refractivity contribution in [2.24, 2.45) is 0 Å². The Balaban J connectivity index is 1.51. The van der Waals surface area contributed by atoms with Crippen molar-refractivity contribution < 1.29 is 28.5 Å². The number of hydrogen-bond donors (Lipinski definition) is 0. The van der Waals surface area contributed by atoms with Crippen molar-refractivity contribution in [3.8, 4) is 0 Å². The van der Waals surface area contributed by atoms with E-state index < -0.39 is 30.3 Å². The molecule has 1 aliphatic heterocycles. The monoisotopic (exact) mass is 489 g/mol. The van der Waals surface area contributed by atoms with Crippen LogP contribution in [0.5, 0.6) is 0 Å². The van der Waals surface area contributed by atoms with Gasteiger partial charge in [-0.1, -0.05) is 91.0 Å². The first-order valence-corrected chi connectivity index (χ1v) is 12.0. The van der Waals surface area contributed by atoms with Gasteiger partial charge in [0.05, 0.1) is 25.8 Å². The van der Waals surface area contributed by atoms with Crippen LogP contribution in [0.15, 0.2) is 91.0 Å². The number of carbonyl (C=O) groups is 2. The average molecular weight is 490 g/mol. The summed E-state index contributed by atoms with van der Waals surface area (Å²) < 4.78 is 23.5. The van der Waals surface area contributed by atoms with Crippen molar-refractivity contribution in [3.63, 3.8) is 0 Å². The number of carbonyl (C=O) groups excluding carboxylic acids is 2. The topological polar surface area (TPSA) is 74.3 Å². The minimum atomic E-state index is -0.554. The van der Waals surface area contributed by atoms with E-state index in [9.17, 15) is 9.59 Å². The molecule has 1 aliphatic rings. The van der Waals surface area contributed by atoms with Crippen LogP contribution < -0.4 is 0 Å². The van der Waals surface area contributed by atoms with Gasteiger partial charge in [0.2, 0.25) is 0 Å². The zero-order chi connectivity index (χ0) is 25.2. The van der Waals surface area contributed by atoms with E-state index >= 15 is 0 Å². The average Bonchev–Trinajstić information content (AvgIpc) is 3.27. The van der Waals surface area contributed by atoms with Gasteiger partial charge in [-0.05, 0) is 16.7 Å². The highest BCUT2D eigenvalue weighted by atomic mass is 16.6. The van der Waals surface area contributed by atoms with Crippen LogP contribution in [0.25, 0.3) is 0 Å². The zero-order valence-corrected chi connectivity index (χ0v) is 20.3. The Morgan fingerprint density at radius 1 is 0.722 bits per heavy atom.